The third-order valence-electron chi connectivity index (χ3n) is 5.66. The summed E-state index contributed by atoms with van der Waals surface area (Å²) in [6, 6.07) is 6.49. The van der Waals surface area contributed by atoms with E-state index >= 15 is 0 Å². The van der Waals surface area contributed by atoms with Gasteiger partial charge in [0.15, 0.2) is 31.2 Å². The summed E-state index contributed by atoms with van der Waals surface area (Å²) in [6.45, 7) is 1.07. The van der Waals surface area contributed by atoms with Crippen LogP contribution in [0.2, 0.25) is 0 Å². The molecule has 10 heteroatoms. The number of thiophene rings is 1. The lowest BCUT2D eigenvalue weighted by molar-refractivity contribution is 0.195. The molecule has 2 atom stereocenters. The zero-order valence-corrected chi connectivity index (χ0v) is 18.6. The molecule has 1 saturated heterocycles. The van der Waals surface area contributed by atoms with Gasteiger partial charge in [0.25, 0.3) is 0 Å². The van der Waals surface area contributed by atoms with E-state index in [1.807, 2.05) is 17.0 Å². The average molecular weight is 458 g/mol. The lowest BCUT2D eigenvalue weighted by Crippen LogP contribution is -2.48. The van der Waals surface area contributed by atoms with Crippen LogP contribution in [0.3, 0.4) is 0 Å². The summed E-state index contributed by atoms with van der Waals surface area (Å²) in [5.74, 6) is 0.800. The Morgan fingerprint density at radius 1 is 1.10 bits per heavy atom. The number of methoxy groups -OCH3 is 2. The Bertz CT molecular complexity index is 1110. The lowest BCUT2D eigenvalue weighted by atomic mass is 9.97. The van der Waals surface area contributed by atoms with Gasteiger partial charge in [0.1, 0.15) is 4.21 Å². The summed E-state index contributed by atoms with van der Waals surface area (Å²) >= 11 is 1.13. The Hall–Kier alpha value is -1.62. The van der Waals surface area contributed by atoms with E-state index < -0.39 is 31.0 Å². The number of sulfone groups is 2. The van der Waals surface area contributed by atoms with E-state index in [0.29, 0.717) is 31.0 Å². The van der Waals surface area contributed by atoms with Gasteiger partial charge in [-0.25, -0.2) is 16.8 Å². The van der Waals surface area contributed by atoms with Crippen LogP contribution in [0, 0.1) is 0 Å². The van der Waals surface area contributed by atoms with Crippen LogP contribution in [-0.4, -0.2) is 65.3 Å². The molecule has 0 amide bonds. The van der Waals surface area contributed by atoms with Crippen LogP contribution < -0.4 is 9.47 Å². The minimum Gasteiger partial charge on any atom is -0.493 e. The fraction of sp³-hybridized carbons (Fsp3) is 0.474. The molecule has 1 fully saturated rings. The van der Waals surface area contributed by atoms with Crippen molar-refractivity contribution in [3.63, 3.8) is 0 Å². The maximum absolute atomic E-state index is 13.1. The van der Waals surface area contributed by atoms with Gasteiger partial charge >= 0.3 is 0 Å². The van der Waals surface area contributed by atoms with Crippen molar-refractivity contribution < 1.29 is 26.3 Å². The van der Waals surface area contributed by atoms with Gasteiger partial charge in [0, 0.05) is 19.1 Å². The average Bonchev–Trinajstić information content (AvgIpc) is 3.34. The summed E-state index contributed by atoms with van der Waals surface area (Å²) in [6.07, 6.45) is 0.692. The third-order valence-corrected chi connectivity index (χ3v) is 11.2. The topological polar surface area (TPSA) is 90.0 Å². The first-order valence-corrected chi connectivity index (χ1v) is 13.5. The van der Waals surface area contributed by atoms with Gasteiger partial charge < -0.3 is 9.47 Å². The molecule has 0 spiro atoms. The molecule has 2 aliphatic rings. The normalized spacial score (nSPS) is 24.2. The number of hydrogen-bond acceptors (Lipinski definition) is 8. The van der Waals surface area contributed by atoms with E-state index in [4.69, 9.17) is 9.47 Å². The van der Waals surface area contributed by atoms with E-state index in [1.165, 1.54) is 0 Å². The summed E-state index contributed by atoms with van der Waals surface area (Å²) in [5, 5.41) is 0.746. The van der Waals surface area contributed by atoms with Gasteiger partial charge in [0.05, 0.1) is 31.0 Å². The number of rotatable bonds is 5. The van der Waals surface area contributed by atoms with Crippen LogP contribution in [0.15, 0.2) is 33.9 Å². The van der Waals surface area contributed by atoms with Gasteiger partial charge in [-0.1, -0.05) is 6.07 Å². The summed E-state index contributed by atoms with van der Waals surface area (Å²) < 4.78 is 62.1. The number of ether oxygens (including phenoxy) is 2. The van der Waals surface area contributed by atoms with Crippen molar-refractivity contribution in [2.75, 3.05) is 32.3 Å². The molecule has 0 bridgehead atoms. The van der Waals surface area contributed by atoms with Gasteiger partial charge in [-0.3, -0.25) is 4.90 Å². The first-order valence-electron chi connectivity index (χ1n) is 9.21. The second-order valence-electron chi connectivity index (χ2n) is 7.36. The molecule has 3 heterocycles. The molecule has 4 rings (SSSR count). The molecule has 0 unspecified atom stereocenters. The van der Waals surface area contributed by atoms with Crippen LogP contribution >= 0.6 is 11.3 Å². The van der Waals surface area contributed by atoms with Crippen molar-refractivity contribution in [1.29, 1.82) is 0 Å². The van der Waals surface area contributed by atoms with E-state index in [1.54, 1.807) is 31.7 Å². The highest BCUT2D eigenvalue weighted by Gasteiger charge is 2.49. The Morgan fingerprint density at radius 2 is 1.79 bits per heavy atom. The minimum absolute atomic E-state index is 0.134. The maximum Gasteiger partial charge on any atom is 0.193 e. The highest BCUT2D eigenvalue weighted by molar-refractivity contribution is 7.97. The Morgan fingerprint density at radius 3 is 2.41 bits per heavy atom. The molecule has 158 valence electrons. The molecule has 0 radical (unpaired) electrons. The first kappa shape index (κ1) is 20.6. The molecule has 2 aromatic rings. The predicted molar refractivity (Wildman–Crippen MR) is 111 cm³/mol. The van der Waals surface area contributed by atoms with Gasteiger partial charge in [-0.2, -0.15) is 0 Å². The zero-order chi connectivity index (χ0) is 20.8. The van der Waals surface area contributed by atoms with Crippen LogP contribution in [0.25, 0.3) is 0 Å². The molecule has 29 heavy (non-hydrogen) atoms. The lowest BCUT2D eigenvalue weighted by Gasteiger charge is -2.35. The zero-order valence-electron chi connectivity index (χ0n) is 16.2. The van der Waals surface area contributed by atoms with Crippen LogP contribution in [0.4, 0.5) is 0 Å². The number of fused-ring (bicyclic) bond motifs is 1. The standard InChI is InChI=1S/C19H23NO6S3/c1-25-16-8-13-5-6-20(10-14(13)9-17(16)26-2)15-11-28(21,22)12-18(15)29(23,24)19-4-3-7-27-19/h3-4,7-9,15,18H,5-6,10-12H2,1-2H3/t15-,18-/m0/s1. The number of benzene rings is 1. The molecular formula is C19H23NO6S3. The van der Waals surface area contributed by atoms with Crippen molar-refractivity contribution in [3.05, 3.63) is 40.8 Å². The molecule has 1 aromatic carbocycles. The first-order chi connectivity index (χ1) is 13.7. The molecule has 0 aliphatic carbocycles. The molecule has 7 nitrogen and oxygen atoms in total. The Kier molecular flexibility index (Phi) is 5.39. The van der Waals surface area contributed by atoms with E-state index in [0.717, 1.165) is 22.5 Å². The van der Waals surface area contributed by atoms with Crippen molar-refractivity contribution in [3.8, 4) is 11.5 Å². The number of hydrogen-bond donors (Lipinski definition) is 0. The SMILES string of the molecule is COc1cc2c(cc1OC)CN([C@H]1CS(=O)(=O)C[C@@H]1S(=O)(=O)c1cccs1)CC2. The molecule has 0 saturated carbocycles. The van der Waals surface area contributed by atoms with Crippen LogP contribution in [0.5, 0.6) is 11.5 Å². The van der Waals surface area contributed by atoms with Gasteiger partial charge in [-0.05, 0) is 41.1 Å². The highest BCUT2D eigenvalue weighted by Crippen LogP contribution is 2.36. The highest BCUT2D eigenvalue weighted by atomic mass is 32.2. The summed E-state index contributed by atoms with van der Waals surface area (Å²) in [4.78, 5) is 1.99. The minimum atomic E-state index is -3.71. The monoisotopic (exact) mass is 457 g/mol. The Balaban J connectivity index is 1.67. The van der Waals surface area contributed by atoms with Crippen molar-refractivity contribution in [2.24, 2.45) is 0 Å². The van der Waals surface area contributed by atoms with Crippen LogP contribution in [0.1, 0.15) is 11.1 Å². The van der Waals surface area contributed by atoms with E-state index in [-0.39, 0.29) is 15.7 Å². The summed E-state index contributed by atoms with van der Waals surface area (Å²) in [7, 11) is -3.99. The summed E-state index contributed by atoms with van der Waals surface area (Å²) in [5.41, 5.74) is 2.11. The van der Waals surface area contributed by atoms with Crippen molar-refractivity contribution in [2.45, 2.75) is 28.5 Å². The molecular weight excluding hydrogens is 434 g/mol. The molecule has 2 aliphatic heterocycles. The quantitative estimate of drug-likeness (QED) is 0.676. The van der Waals surface area contributed by atoms with E-state index in [2.05, 4.69) is 0 Å². The number of nitrogens with zero attached hydrogens (tertiary/aromatic N) is 1. The van der Waals surface area contributed by atoms with Crippen LogP contribution in [-0.2, 0) is 32.6 Å². The predicted octanol–water partition coefficient (Wildman–Crippen LogP) is 1.76. The second kappa shape index (κ2) is 7.57. The van der Waals surface area contributed by atoms with Crippen molar-refractivity contribution >= 4 is 31.0 Å². The van der Waals surface area contributed by atoms with E-state index in [9.17, 15) is 16.8 Å². The smallest absolute Gasteiger partial charge is 0.193 e. The van der Waals surface area contributed by atoms with Crippen molar-refractivity contribution in [1.82, 2.24) is 4.90 Å². The fourth-order valence-corrected chi connectivity index (χ4v) is 10.3. The maximum atomic E-state index is 13.1. The Labute approximate surface area is 175 Å². The molecule has 0 N–H and O–H groups in total. The van der Waals surface area contributed by atoms with Gasteiger partial charge in [-0.15, -0.1) is 11.3 Å². The third kappa shape index (κ3) is 3.78. The fourth-order valence-electron chi connectivity index (χ4n) is 4.20. The largest absolute Gasteiger partial charge is 0.493 e. The second-order valence-corrected chi connectivity index (χ2v) is 12.9. The van der Waals surface area contributed by atoms with Gasteiger partial charge in [0.2, 0.25) is 0 Å². The molecule has 1 aromatic heterocycles.